The molecule has 2 aromatic heterocycles. The Balaban J connectivity index is 1.27. The third-order valence-corrected chi connectivity index (χ3v) is 4.68. The van der Waals surface area contributed by atoms with E-state index >= 15 is 0 Å². The quantitative estimate of drug-likeness (QED) is 0.687. The molecule has 1 fully saturated rings. The molecule has 4 rings (SSSR count). The molecule has 2 N–H and O–H groups in total. The summed E-state index contributed by atoms with van der Waals surface area (Å²) in [6, 6.07) is 11.3. The van der Waals surface area contributed by atoms with E-state index in [1.807, 2.05) is 30.3 Å². The van der Waals surface area contributed by atoms with Crippen LogP contribution in [-0.4, -0.2) is 32.4 Å². The molecule has 1 aliphatic rings. The van der Waals surface area contributed by atoms with E-state index in [1.165, 1.54) is 0 Å². The first-order chi connectivity index (χ1) is 13.1. The number of hydrogen-bond donors (Lipinski definition) is 2. The van der Waals surface area contributed by atoms with Gasteiger partial charge in [0.1, 0.15) is 6.10 Å². The number of aliphatic hydroxyl groups excluding tert-OH is 1. The molecule has 3 aromatic rings. The van der Waals surface area contributed by atoms with Crippen molar-refractivity contribution in [1.82, 2.24) is 20.7 Å². The molecule has 1 atom stereocenters. The monoisotopic (exact) mass is 368 g/mol. The minimum absolute atomic E-state index is 0.0959. The Morgan fingerprint density at radius 2 is 2.07 bits per heavy atom. The lowest BCUT2D eigenvalue weighted by atomic mass is 9.78. The van der Waals surface area contributed by atoms with Gasteiger partial charge in [-0.05, 0) is 25.7 Å². The van der Waals surface area contributed by atoms with Crippen LogP contribution in [0.15, 0.2) is 45.3 Å². The van der Waals surface area contributed by atoms with Gasteiger partial charge in [-0.2, -0.15) is 0 Å². The van der Waals surface area contributed by atoms with Gasteiger partial charge < -0.3 is 19.4 Å². The van der Waals surface area contributed by atoms with E-state index in [1.54, 1.807) is 13.0 Å². The molecule has 0 radical (unpaired) electrons. The topological polar surface area (TPSA) is 114 Å². The smallest absolute Gasteiger partial charge is 0.273 e. The highest BCUT2D eigenvalue weighted by molar-refractivity contribution is 5.93. The Hall–Kier alpha value is -3.00. The van der Waals surface area contributed by atoms with Crippen LogP contribution in [0.1, 0.15) is 48.1 Å². The molecule has 0 aliphatic heterocycles. The summed E-state index contributed by atoms with van der Waals surface area (Å²) in [6.45, 7) is 1.58. The van der Waals surface area contributed by atoms with Gasteiger partial charge in [0.05, 0.1) is 0 Å². The zero-order valence-electron chi connectivity index (χ0n) is 14.8. The number of aliphatic hydroxyl groups is 1. The average Bonchev–Trinajstić information content (AvgIpc) is 3.30. The summed E-state index contributed by atoms with van der Waals surface area (Å²) in [6.07, 6.45) is 1.56. The third-order valence-electron chi connectivity index (χ3n) is 4.68. The Kier molecular flexibility index (Phi) is 4.72. The predicted octanol–water partition coefficient (Wildman–Crippen LogP) is 2.53. The number of aromatic nitrogens is 3. The molecule has 8 nitrogen and oxygen atoms in total. The molecular weight excluding hydrogens is 348 g/mol. The van der Waals surface area contributed by atoms with Crippen molar-refractivity contribution >= 4 is 5.91 Å². The van der Waals surface area contributed by atoms with Gasteiger partial charge >= 0.3 is 0 Å². The molecule has 1 aliphatic carbocycles. The van der Waals surface area contributed by atoms with Gasteiger partial charge in [0, 0.05) is 24.1 Å². The lowest BCUT2D eigenvalue weighted by Gasteiger charge is -2.34. The van der Waals surface area contributed by atoms with Crippen LogP contribution in [0.2, 0.25) is 0 Å². The van der Waals surface area contributed by atoms with E-state index in [0.717, 1.165) is 18.4 Å². The second-order valence-corrected chi connectivity index (χ2v) is 6.86. The normalized spacial score (nSPS) is 20.1. The van der Waals surface area contributed by atoms with E-state index < -0.39 is 6.10 Å². The highest BCUT2D eigenvalue weighted by Crippen LogP contribution is 2.31. The van der Waals surface area contributed by atoms with Gasteiger partial charge in [-0.25, -0.2) is 0 Å². The van der Waals surface area contributed by atoms with Gasteiger partial charge in [-0.15, -0.1) is 10.2 Å². The lowest BCUT2D eigenvalue weighted by molar-refractivity contribution is 0.0877. The van der Waals surface area contributed by atoms with Crippen molar-refractivity contribution in [3.63, 3.8) is 0 Å². The molecule has 1 aromatic carbocycles. The van der Waals surface area contributed by atoms with Crippen LogP contribution in [0.3, 0.4) is 0 Å². The fraction of sp³-hybridized carbons (Fsp3) is 0.368. The Labute approximate surface area is 155 Å². The van der Waals surface area contributed by atoms with Gasteiger partial charge in [0.15, 0.2) is 11.5 Å². The van der Waals surface area contributed by atoms with Crippen LogP contribution in [0, 0.1) is 5.92 Å². The maximum atomic E-state index is 12.3. The van der Waals surface area contributed by atoms with E-state index in [9.17, 15) is 9.90 Å². The number of nitrogens with zero attached hydrogens (tertiary/aromatic N) is 3. The summed E-state index contributed by atoms with van der Waals surface area (Å²) < 4.78 is 10.7. The SMILES string of the molecule is C[C@H](O)c1nnc(C[C@H]2C[C@H](NC(=O)c3cc(-c4ccccc4)on3)C2)o1. The van der Waals surface area contributed by atoms with Crippen LogP contribution < -0.4 is 5.32 Å². The van der Waals surface area contributed by atoms with E-state index in [2.05, 4.69) is 20.7 Å². The molecule has 0 bridgehead atoms. The molecule has 2 heterocycles. The maximum absolute atomic E-state index is 12.3. The van der Waals surface area contributed by atoms with Crippen LogP contribution in [0.5, 0.6) is 0 Å². The molecule has 1 amide bonds. The highest BCUT2D eigenvalue weighted by Gasteiger charge is 2.32. The van der Waals surface area contributed by atoms with Crippen LogP contribution in [0.25, 0.3) is 11.3 Å². The third kappa shape index (κ3) is 3.90. The van der Waals surface area contributed by atoms with E-state index in [0.29, 0.717) is 24.0 Å². The number of benzene rings is 1. The average molecular weight is 368 g/mol. The molecule has 1 saturated carbocycles. The second-order valence-electron chi connectivity index (χ2n) is 6.86. The van der Waals surface area contributed by atoms with Crippen LogP contribution >= 0.6 is 0 Å². The van der Waals surface area contributed by atoms with Crippen molar-refractivity contribution in [1.29, 1.82) is 0 Å². The van der Waals surface area contributed by atoms with Crippen molar-refractivity contribution in [3.05, 3.63) is 53.9 Å². The molecule has 8 heteroatoms. The zero-order chi connectivity index (χ0) is 18.8. The molecule has 0 spiro atoms. The largest absolute Gasteiger partial charge is 0.422 e. The minimum atomic E-state index is -0.761. The first-order valence-electron chi connectivity index (χ1n) is 8.92. The molecule has 140 valence electrons. The van der Waals surface area contributed by atoms with Gasteiger partial charge in [0.2, 0.25) is 11.8 Å². The summed E-state index contributed by atoms with van der Waals surface area (Å²) in [5.41, 5.74) is 1.15. The first-order valence-corrected chi connectivity index (χ1v) is 8.92. The predicted molar refractivity (Wildman–Crippen MR) is 94.6 cm³/mol. The molecule has 0 unspecified atom stereocenters. The van der Waals surface area contributed by atoms with Crippen molar-refractivity contribution in [2.45, 2.75) is 38.3 Å². The molecule has 0 saturated heterocycles. The fourth-order valence-corrected chi connectivity index (χ4v) is 3.17. The number of amides is 1. The fourth-order valence-electron chi connectivity index (χ4n) is 3.17. The zero-order valence-corrected chi connectivity index (χ0v) is 14.8. The van der Waals surface area contributed by atoms with Crippen LogP contribution in [0.4, 0.5) is 0 Å². The Morgan fingerprint density at radius 1 is 1.30 bits per heavy atom. The van der Waals surface area contributed by atoms with Crippen molar-refractivity contribution in [2.24, 2.45) is 5.92 Å². The van der Waals surface area contributed by atoms with Crippen molar-refractivity contribution < 1.29 is 18.8 Å². The number of rotatable bonds is 6. The van der Waals surface area contributed by atoms with Gasteiger partial charge in [-0.1, -0.05) is 35.5 Å². The Morgan fingerprint density at radius 3 is 2.78 bits per heavy atom. The van der Waals surface area contributed by atoms with E-state index in [-0.39, 0.29) is 23.5 Å². The number of nitrogens with one attached hydrogen (secondary N) is 1. The summed E-state index contributed by atoms with van der Waals surface area (Å²) in [7, 11) is 0. The summed E-state index contributed by atoms with van der Waals surface area (Å²) in [4.78, 5) is 12.3. The van der Waals surface area contributed by atoms with E-state index in [4.69, 9.17) is 8.94 Å². The summed E-state index contributed by atoms with van der Waals surface area (Å²) >= 11 is 0. The summed E-state index contributed by atoms with van der Waals surface area (Å²) in [5, 5.41) is 24.0. The standard InChI is InChI=1S/C19H20N4O4/c1-11(24)19-22-21-17(26-19)9-12-7-14(8-12)20-18(25)15-10-16(27-23-15)13-5-3-2-4-6-13/h2-6,10-12,14,24H,7-9H2,1H3,(H,20,25)/t11-,12-,14-/m0/s1. The number of carbonyl (C=O) groups excluding carboxylic acids is 1. The minimum Gasteiger partial charge on any atom is -0.422 e. The van der Waals surface area contributed by atoms with Gasteiger partial charge in [0.25, 0.3) is 5.91 Å². The number of hydrogen-bond acceptors (Lipinski definition) is 7. The van der Waals surface area contributed by atoms with Crippen molar-refractivity contribution in [2.75, 3.05) is 0 Å². The molecule has 27 heavy (non-hydrogen) atoms. The Bertz CT molecular complexity index is 913. The number of carbonyl (C=O) groups is 1. The van der Waals surface area contributed by atoms with Crippen molar-refractivity contribution in [3.8, 4) is 11.3 Å². The van der Waals surface area contributed by atoms with Crippen LogP contribution in [-0.2, 0) is 6.42 Å². The summed E-state index contributed by atoms with van der Waals surface area (Å²) in [5.74, 6) is 1.45. The highest BCUT2D eigenvalue weighted by atomic mass is 16.5. The molecular formula is C19H20N4O4. The van der Waals surface area contributed by atoms with Gasteiger partial charge in [-0.3, -0.25) is 4.79 Å². The maximum Gasteiger partial charge on any atom is 0.273 e. The second kappa shape index (κ2) is 7.32. The first kappa shape index (κ1) is 17.4. The lowest BCUT2D eigenvalue weighted by Crippen LogP contribution is -2.45.